The summed E-state index contributed by atoms with van der Waals surface area (Å²) in [5, 5.41) is 13.2. The maximum Gasteiger partial charge on any atom is 0.251 e. The molecule has 0 aromatic heterocycles. The van der Waals surface area contributed by atoms with Crippen LogP contribution in [0.15, 0.2) is 24.3 Å². The highest BCUT2D eigenvalue weighted by molar-refractivity contribution is 5.99. The van der Waals surface area contributed by atoms with Crippen LogP contribution in [0.4, 0.5) is 5.69 Å². The van der Waals surface area contributed by atoms with Gasteiger partial charge in [-0.2, -0.15) is 0 Å². The fourth-order valence-corrected chi connectivity index (χ4v) is 5.03. The van der Waals surface area contributed by atoms with Crippen LogP contribution in [-0.4, -0.2) is 103 Å². The van der Waals surface area contributed by atoms with Gasteiger partial charge in [-0.25, -0.2) is 0 Å². The number of ketones is 1. The molecule has 3 heterocycles. The van der Waals surface area contributed by atoms with Crippen molar-refractivity contribution >= 4 is 23.3 Å². The molecule has 3 saturated heterocycles. The van der Waals surface area contributed by atoms with Crippen molar-refractivity contribution < 1.29 is 24.2 Å². The Kier molecular flexibility index (Phi) is 6.98. The topological polar surface area (TPSA) is 102 Å². The zero-order chi connectivity index (χ0) is 24.6. The van der Waals surface area contributed by atoms with Gasteiger partial charge >= 0.3 is 0 Å². The van der Waals surface area contributed by atoms with Crippen LogP contribution in [0.2, 0.25) is 0 Å². The molecular weight excluding hydrogens is 436 g/mol. The number of fused-ring (bicyclic) bond motifs is 1. The third-order valence-electron chi connectivity index (χ3n) is 7.14. The number of Topliss-reactive ketones (excluding diaryl/α,β-unsaturated/α-hetero) is 1. The maximum absolute atomic E-state index is 13.5. The zero-order valence-electron chi connectivity index (χ0n) is 20.5. The van der Waals surface area contributed by atoms with Gasteiger partial charge < -0.3 is 29.9 Å². The third-order valence-corrected chi connectivity index (χ3v) is 7.14. The van der Waals surface area contributed by atoms with Gasteiger partial charge in [0.05, 0.1) is 6.54 Å². The summed E-state index contributed by atoms with van der Waals surface area (Å²) in [6.45, 7) is 12.7. The van der Waals surface area contributed by atoms with Crippen molar-refractivity contribution in [2.24, 2.45) is 5.41 Å². The number of nitrogens with zero attached hydrogens (tertiary/aromatic N) is 3. The standard InChI is InChI=1S/C25H36N4O5/c1-5-27-10-12-28(13-11-27)17-8-6-16(7-9-17)23(32)26-22(25(2,3)4)24(33)29-14-18(30)21-20(29)19(31)15-34-21/h6-9,18,20-22,30H,5,10-15H2,1-4H3,(H,26,32)/t18-,20+,21+,22+/m0/s1. The number of aliphatic hydroxyl groups excluding tert-OH is 1. The summed E-state index contributed by atoms with van der Waals surface area (Å²) in [4.78, 5) is 45.0. The van der Waals surface area contributed by atoms with E-state index in [4.69, 9.17) is 4.74 Å². The first-order valence-corrected chi connectivity index (χ1v) is 12.1. The smallest absolute Gasteiger partial charge is 0.251 e. The Morgan fingerprint density at radius 1 is 1.15 bits per heavy atom. The molecule has 4 atom stereocenters. The van der Waals surface area contributed by atoms with E-state index in [0.29, 0.717) is 5.56 Å². The number of hydrogen-bond donors (Lipinski definition) is 2. The average molecular weight is 473 g/mol. The second kappa shape index (κ2) is 9.64. The van der Waals surface area contributed by atoms with Crippen LogP contribution >= 0.6 is 0 Å². The van der Waals surface area contributed by atoms with Crippen molar-refractivity contribution in [3.63, 3.8) is 0 Å². The lowest BCUT2D eigenvalue weighted by Gasteiger charge is -2.35. The molecule has 3 fully saturated rings. The summed E-state index contributed by atoms with van der Waals surface area (Å²) in [7, 11) is 0. The number of hydrogen-bond acceptors (Lipinski definition) is 7. The molecule has 9 nitrogen and oxygen atoms in total. The van der Waals surface area contributed by atoms with Gasteiger partial charge in [0.15, 0.2) is 5.78 Å². The van der Waals surface area contributed by atoms with Crippen LogP contribution in [0.5, 0.6) is 0 Å². The van der Waals surface area contributed by atoms with Gasteiger partial charge in [-0.15, -0.1) is 0 Å². The molecule has 1 aromatic rings. The number of benzene rings is 1. The molecule has 3 aliphatic rings. The van der Waals surface area contributed by atoms with Crippen molar-refractivity contribution in [2.75, 3.05) is 50.8 Å². The molecule has 3 aliphatic heterocycles. The van der Waals surface area contributed by atoms with Gasteiger partial charge in [0.25, 0.3) is 5.91 Å². The Bertz CT molecular complexity index is 920. The number of β-amino-alcohol motifs (C(OH)–C–C–N with tert-alkyl or cyclic N) is 1. The average Bonchev–Trinajstić information content (AvgIpc) is 3.36. The zero-order valence-corrected chi connectivity index (χ0v) is 20.5. The Balaban J connectivity index is 1.45. The number of anilines is 1. The quantitative estimate of drug-likeness (QED) is 0.644. The van der Waals surface area contributed by atoms with Crippen molar-refractivity contribution in [3.8, 4) is 0 Å². The molecule has 4 rings (SSSR count). The predicted octanol–water partition coefficient (Wildman–Crippen LogP) is 0.513. The van der Waals surface area contributed by atoms with Gasteiger partial charge in [0.2, 0.25) is 5.91 Å². The van der Waals surface area contributed by atoms with E-state index >= 15 is 0 Å². The fourth-order valence-electron chi connectivity index (χ4n) is 5.03. The largest absolute Gasteiger partial charge is 0.388 e. The normalized spacial score (nSPS) is 26.5. The van der Waals surface area contributed by atoms with Crippen molar-refractivity contribution in [2.45, 2.75) is 52.0 Å². The SMILES string of the molecule is CCN1CCN(c2ccc(C(=O)N[C@H](C(=O)N3C[C@H](O)[C@H]4OCC(=O)[C@H]43)C(C)(C)C)cc2)CC1. The van der Waals surface area contributed by atoms with E-state index in [1.54, 1.807) is 12.1 Å². The summed E-state index contributed by atoms with van der Waals surface area (Å²) in [6, 6.07) is 5.80. The van der Waals surface area contributed by atoms with E-state index in [9.17, 15) is 19.5 Å². The van der Waals surface area contributed by atoms with Crippen LogP contribution in [0.1, 0.15) is 38.1 Å². The predicted molar refractivity (Wildman–Crippen MR) is 128 cm³/mol. The molecule has 0 aliphatic carbocycles. The number of carbonyl (C=O) groups excluding carboxylic acids is 3. The van der Waals surface area contributed by atoms with Gasteiger partial charge in [-0.05, 0) is 36.2 Å². The number of carbonyl (C=O) groups is 3. The second-order valence-corrected chi connectivity index (χ2v) is 10.5. The van der Waals surface area contributed by atoms with Crippen molar-refractivity contribution in [1.29, 1.82) is 0 Å². The summed E-state index contributed by atoms with van der Waals surface area (Å²) < 4.78 is 5.38. The minimum atomic E-state index is -0.913. The molecule has 0 unspecified atom stereocenters. The highest BCUT2D eigenvalue weighted by Crippen LogP contribution is 2.31. The van der Waals surface area contributed by atoms with Crippen LogP contribution in [0.25, 0.3) is 0 Å². The number of amides is 2. The van der Waals surface area contributed by atoms with Gasteiger partial charge in [-0.1, -0.05) is 27.7 Å². The van der Waals surface area contributed by atoms with E-state index in [1.807, 2.05) is 32.9 Å². The molecule has 0 bridgehead atoms. The lowest BCUT2D eigenvalue weighted by Crippen LogP contribution is -2.57. The van der Waals surface area contributed by atoms with Crippen molar-refractivity contribution in [1.82, 2.24) is 15.1 Å². The number of nitrogens with one attached hydrogen (secondary N) is 1. The monoisotopic (exact) mass is 472 g/mol. The van der Waals surface area contributed by atoms with Crippen LogP contribution in [-0.2, 0) is 14.3 Å². The van der Waals surface area contributed by atoms with Crippen molar-refractivity contribution in [3.05, 3.63) is 29.8 Å². The Morgan fingerprint density at radius 2 is 1.79 bits per heavy atom. The highest BCUT2D eigenvalue weighted by Gasteiger charge is 2.53. The minimum absolute atomic E-state index is 0.0162. The first kappa shape index (κ1) is 24.6. The first-order valence-electron chi connectivity index (χ1n) is 12.1. The second-order valence-electron chi connectivity index (χ2n) is 10.5. The van der Waals surface area contributed by atoms with E-state index in [1.165, 1.54) is 4.90 Å². The lowest BCUT2D eigenvalue weighted by atomic mass is 9.85. The molecule has 9 heteroatoms. The maximum atomic E-state index is 13.5. The summed E-state index contributed by atoms with van der Waals surface area (Å²) >= 11 is 0. The summed E-state index contributed by atoms with van der Waals surface area (Å²) in [6.07, 6.45) is -1.61. The van der Waals surface area contributed by atoms with Crippen LogP contribution in [0, 0.1) is 5.41 Å². The summed E-state index contributed by atoms with van der Waals surface area (Å²) in [5.74, 6) is -0.943. The number of aliphatic hydroxyl groups is 1. The van der Waals surface area contributed by atoms with Crippen LogP contribution < -0.4 is 10.2 Å². The van der Waals surface area contributed by atoms with E-state index in [-0.39, 0.29) is 30.7 Å². The number of likely N-dealkylation sites (tertiary alicyclic amines) is 1. The number of piperazine rings is 1. The van der Waals surface area contributed by atoms with E-state index in [2.05, 4.69) is 22.0 Å². The molecule has 1 aromatic carbocycles. The molecule has 2 N–H and O–H groups in total. The molecule has 0 spiro atoms. The highest BCUT2D eigenvalue weighted by atomic mass is 16.5. The molecule has 0 saturated carbocycles. The minimum Gasteiger partial charge on any atom is -0.388 e. The number of rotatable bonds is 5. The van der Waals surface area contributed by atoms with Gasteiger partial charge in [-0.3, -0.25) is 14.4 Å². The molecular formula is C25H36N4O5. The first-order chi connectivity index (χ1) is 16.1. The molecule has 186 valence electrons. The van der Waals surface area contributed by atoms with Gasteiger partial charge in [0, 0.05) is 37.4 Å². The molecule has 2 amide bonds. The Hall–Kier alpha value is -2.49. The lowest BCUT2D eigenvalue weighted by molar-refractivity contribution is -0.140. The summed E-state index contributed by atoms with van der Waals surface area (Å²) in [5.41, 5.74) is 0.946. The number of ether oxygens (including phenoxy) is 1. The van der Waals surface area contributed by atoms with Crippen LogP contribution in [0.3, 0.4) is 0 Å². The van der Waals surface area contributed by atoms with Gasteiger partial charge in [0.1, 0.15) is 30.9 Å². The molecule has 34 heavy (non-hydrogen) atoms. The number of likely N-dealkylation sites (N-methyl/N-ethyl adjacent to an activating group) is 1. The van der Waals surface area contributed by atoms with E-state index in [0.717, 1.165) is 38.4 Å². The Labute approximate surface area is 201 Å². The third kappa shape index (κ3) is 4.82. The Morgan fingerprint density at radius 3 is 2.38 bits per heavy atom. The molecule has 0 radical (unpaired) electrons. The fraction of sp³-hybridized carbons (Fsp3) is 0.640. The van der Waals surface area contributed by atoms with E-state index < -0.39 is 29.7 Å².